The van der Waals surface area contributed by atoms with E-state index in [1.54, 1.807) is 24.3 Å². The summed E-state index contributed by atoms with van der Waals surface area (Å²) in [5.74, 6) is 0.700. The largest absolute Gasteiger partial charge is 0.489 e. The van der Waals surface area contributed by atoms with Gasteiger partial charge in [-0.1, -0.05) is 0 Å². The van der Waals surface area contributed by atoms with Crippen LogP contribution in [-0.2, 0) is 10.0 Å². The van der Waals surface area contributed by atoms with Gasteiger partial charge in [0.05, 0.1) is 17.9 Å². The maximum atomic E-state index is 12.3. The Bertz CT molecular complexity index is 768. The third-order valence-electron chi connectivity index (χ3n) is 3.29. The highest BCUT2D eigenvalue weighted by Crippen LogP contribution is 2.34. The Labute approximate surface area is 128 Å². The number of anilines is 2. The van der Waals surface area contributed by atoms with Crippen LogP contribution in [0.1, 0.15) is 4.88 Å². The van der Waals surface area contributed by atoms with Crippen LogP contribution in [-0.4, -0.2) is 28.6 Å². The van der Waals surface area contributed by atoms with E-state index >= 15 is 0 Å². The summed E-state index contributed by atoms with van der Waals surface area (Å²) in [6.45, 7) is 3.31. The summed E-state index contributed by atoms with van der Waals surface area (Å²) in [4.78, 5) is 3.05. The summed E-state index contributed by atoms with van der Waals surface area (Å²) in [6.07, 6.45) is 0. The first-order chi connectivity index (χ1) is 9.95. The van der Waals surface area contributed by atoms with Gasteiger partial charge in [-0.15, -0.1) is 11.3 Å². The third kappa shape index (κ3) is 2.84. The van der Waals surface area contributed by atoms with Crippen molar-refractivity contribution in [2.45, 2.75) is 11.1 Å². The topological polar surface area (TPSA) is 58.6 Å². The lowest BCUT2D eigenvalue weighted by Crippen LogP contribution is -2.28. The maximum Gasteiger partial charge on any atom is 0.271 e. The molecule has 0 spiro atoms. The molecule has 21 heavy (non-hydrogen) atoms. The number of benzene rings is 1. The van der Waals surface area contributed by atoms with Crippen molar-refractivity contribution in [3.8, 4) is 5.75 Å². The zero-order chi connectivity index (χ0) is 15.0. The standard InChI is InChI=1S/C14H16N2O3S2/c1-10-3-6-14(20-10)21(17,18)15-11-4-5-12-13(9-11)19-8-7-16(12)2/h3-6,9,15H,7-8H2,1-2H3. The highest BCUT2D eigenvalue weighted by atomic mass is 32.2. The Morgan fingerprint density at radius 3 is 2.81 bits per heavy atom. The van der Waals surface area contributed by atoms with E-state index in [0.29, 0.717) is 22.3 Å². The number of nitrogens with one attached hydrogen (secondary N) is 1. The van der Waals surface area contributed by atoms with Crippen molar-refractivity contribution in [1.82, 2.24) is 0 Å². The minimum Gasteiger partial charge on any atom is -0.489 e. The zero-order valence-corrected chi connectivity index (χ0v) is 13.4. The van der Waals surface area contributed by atoms with E-state index in [0.717, 1.165) is 17.1 Å². The minimum absolute atomic E-state index is 0.316. The van der Waals surface area contributed by atoms with E-state index < -0.39 is 10.0 Å². The zero-order valence-electron chi connectivity index (χ0n) is 11.8. The van der Waals surface area contributed by atoms with Crippen molar-refractivity contribution in [2.24, 2.45) is 0 Å². The van der Waals surface area contributed by atoms with Crippen molar-refractivity contribution >= 4 is 32.7 Å². The molecule has 0 radical (unpaired) electrons. The first-order valence-corrected chi connectivity index (χ1v) is 8.83. The Morgan fingerprint density at radius 2 is 2.10 bits per heavy atom. The second-order valence-electron chi connectivity index (χ2n) is 4.92. The van der Waals surface area contributed by atoms with Crippen molar-refractivity contribution in [2.75, 3.05) is 29.8 Å². The number of nitrogens with zero attached hydrogens (tertiary/aromatic N) is 1. The van der Waals surface area contributed by atoms with Crippen molar-refractivity contribution in [3.63, 3.8) is 0 Å². The average Bonchev–Trinajstić information content (AvgIpc) is 2.86. The van der Waals surface area contributed by atoms with E-state index in [1.807, 2.05) is 20.0 Å². The number of ether oxygens (including phenoxy) is 1. The van der Waals surface area contributed by atoms with Crippen LogP contribution in [0.2, 0.25) is 0 Å². The molecule has 0 bridgehead atoms. The van der Waals surface area contributed by atoms with Gasteiger partial charge in [-0.2, -0.15) is 0 Å². The number of likely N-dealkylation sites (N-methyl/N-ethyl adjacent to an activating group) is 1. The molecule has 1 aliphatic rings. The van der Waals surface area contributed by atoms with Crippen LogP contribution in [0.15, 0.2) is 34.5 Å². The number of sulfonamides is 1. The molecule has 112 valence electrons. The maximum absolute atomic E-state index is 12.3. The first kappa shape index (κ1) is 14.2. The van der Waals surface area contributed by atoms with E-state index in [-0.39, 0.29) is 0 Å². The fraction of sp³-hybridized carbons (Fsp3) is 0.286. The lowest BCUT2D eigenvalue weighted by atomic mass is 10.2. The average molecular weight is 324 g/mol. The molecule has 1 aromatic carbocycles. The van der Waals surface area contributed by atoms with Crippen LogP contribution in [0.25, 0.3) is 0 Å². The van der Waals surface area contributed by atoms with Crippen LogP contribution in [0.4, 0.5) is 11.4 Å². The van der Waals surface area contributed by atoms with Crippen LogP contribution < -0.4 is 14.4 Å². The van der Waals surface area contributed by atoms with Crippen molar-refractivity contribution in [3.05, 3.63) is 35.2 Å². The van der Waals surface area contributed by atoms with Crippen LogP contribution in [0, 0.1) is 6.92 Å². The predicted molar refractivity (Wildman–Crippen MR) is 85.1 cm³/mol. The molecule has 3 rings (SSSR count). The molecule has 0 aliphatic carbocycles. The molecule has 0 amide bonds. The fourth-order valence-electron chi connectivity index (χ4n) is 2.18. The van der Waals surface area contributed by atoms with Gasteiger partial charge < -0.3 is 9.64 Å². The summed E-state index contributed by atoms with van der Waals surface area (Å²) in [7, 11) is -1.55. The summed E-state index contributed by atoms with van der Waals surface area (Å²) in [6, 6.07) is 8.76. The smallest absolute Gasteiger partial charge is 0.271 e. The summed E-state index contributed by atoms with van der Waals surface area (Å²) < 4.78 is 33.1. The summed E-state index contributed by atoms with van der Waals surface area (Å²) in [5, 5.41) is 0. The van der Waals surface area contributed by atoms with Gasteiger partial charge in [0.25, 0.3) is 10.0 Å². The molecule has 0 atom stereocenters. The number of aryl methyl sites for hydroxylation is 1. The Kier molecular flexibility index (Phi) is 3.54. The number of fused-ring (bicyclic) bond motifs is 1. The summed E-state index contributed by atoms with van der Waals surface area (Å²) >= 11 is 1.25. The van der Waals surface area contributed by atoms with Gasteiger partial charge in [0, 0.05) is 18.0 Å². The Balaban J connectivity index is 1.88. The normalized spacial score (nSPS) is 14.5. The Hall–Kier alpha value is -1.73. The van der Waals surface area contributed by atoms with Gasteiger partial charge in [-0.3, -0.25) is 4.72 Å². The molecule has 1 aromatic heterocycles. The second kappa shape index (κ2) is 5.23. The number of hydrogen-bond acceptors (Lipinski definition) is 5. The SMILES string of the molecule is Cc1ccc(S(=O)(=O)Nc2ccc3c(c2)OCCN3C)s1. The monoisotopic (exact) mass is 324 g/mol. The Morgan fingerprint density at radius 1 is 1.29 bits per heavy atom. The first-order valence-electron chi connectivity index (χ1n) is 6.53. The van der Waals surface area contributed by atoms with Crippen LogP contribution in [0.3, 0.4) is 0 Å². The van der Waals surface area contributed by atoms with Gasteiger partial charge >= 0.3 is 0 Å². The quantitative estimate of drug-likeness (QED) is 0.943. The summed E-state index contributed by atoms with van der Waals surface area (Å²) in [5.41, 5.74) is 1.48. The molecule has 7 heteroatoms. The molecule has 0 saturated carbocycles. The molecule has 0 saturated heterocycles. The van der Waals surface area contributed by atoms with Gasteiger partial charge in [0.15, 0.2) is 0 Å². The van der Waals surface area contributed by atoms with Crippen LogP contribution >= 0.6 is 11.3 Å². The molecule has 5 nitrogen and oxygen atoms in total. The highest BCUT2D eigenvalue weighted by molar-refractivity contribution is 7.94. The number of rotatable bonds is 3. The molecular formula is C14H16N2O3S2. The molecular weight excluding hydrogens is 308 g/mol. The fourth-order valence-corrected chi connectivity index (χ4v) is 4.52. The minimum atomic E-state index is -3.53. The second-order valence-corrected chi connectivity index (χ2v) is 8.12. The molecule has 2 heterocycles. The van der Waals surface area contributed by atoms with Crippen molar-refractivity contribution in [1.29, 1.82) is 0 Å². The predicted octanol–water partition coefficient (Wildman–Crippen LogP) is 2.69. The lowest BCUT2D eigenvalue weighted by molar-refractivity contribution is 0.311. The van der Waals surface area contributed by atoms with E-state index in [9.17, 15) is 8.42 Å². The molecule has 0 unspecified atom stereocenters. The highest BCUT2D eigenvalue weighted by Gasteiger charge is 2.19. The van der Waals surface area contributed by atoms with Crippen molar-refractivity contribution < 1.29 is 13.2 Å². The number of hydrogen-bond donors (Lipinski definition) is 1. The third-order valence-corrected chi connectivity index (χ3v) is 6.16. The van der Waals surface area contributed by atoms with Gasteiger partial charge in [-0.25, -0.2) is 8.42 Å². The van der Waals surface area contributed by atoms with Crippen LogP contribution in [0.5, 0.6) is 5.75 Å². The lowest BCUT2D eigenvalue weighted by Gasteiger charge is -2.27. The van der Waals surface area contributed by atoms with Gasteiger partial charge in [-0.05, 0) is 31.2 Å². The van der Waals surface area contributed by atoms with E-state index in [4.69, 9.17) is 4.74 Å². The van der Waals surface area contributed by atoms with Gasteiger partial charge in [0.1, 0.15) is 16.6 Å². The van der Waals surface area contributed by atoms with E-state index in [1.165, 1.54) is 11.3 Å². The number of thiophene rings is 1. The molecule has 2 aromatic rings. The molecule has 1 aliphatic heterocycles. The van der Waals surface area contributed by atoms with Gasteiger partial charge in [0.2, 0.25) is 0 Å². The van der Waals surface area contributed by atoms with E-state index in [2.05, 4.69) is 9.62 Å². The molecule has 1 N–H and O–H groups in total. The molecule has 0 fully saturated rings.